The molecular formula is C24H30N4O2. The van der Waals surface area contributed by atoms with Crippen LogP contribution in [0.5, 0.6) is 0 Å². The molecule has 0 saturated carbocycles. The number of fused-ring (bicyclic) bond motifs is 1. The number of hydrogen-bond donors (Lipinski definition) is 1. The fourth-order valence-corrected chi connectivity index (χ4v) is 3.52. The maximum atomic E-state index is 12.1. The van der Waals surface area contributed by atoms with Crippen LogP contribution in [0.4, 0.5) is 0 Å². The quantitative estimate of drug-likeness (QED) is 0.558. The van der Waals surface area contributed by atoms with Crippen LogP contribution in [0.1, 0.15) is 44.2 Å². The van der Waals surface area contributed by atoms with Gasteiger partial charge in [-0.2, -0.15) is 0 Å². The Kier molecular flexibility index (Phi) is 7.60. The van der Waals surface area contributed by atoms with Crippen molar-refractivity contribution >= 4 is 22.8 Å². The zero-order chi connectivity index (χ0) is 21.3. The zero-order valence-corrected chi connectivity index (χ0v) is 17.8. The molecule has 3 aromatic rings. The molecule has 0 bridgehead atoms. The Hall–Kier alpha value is -3.15. The van der Waals surface area contributed by atoms with E-state index in [0.29, 0.717) is 38.9 Å². The van der Waals surface area contributed by atoms with Crippen LogP contribution in [0.3, 0.4) is 0 Å². The summed E-state index contributed by atoms with van der Waals surface area (Å²) in [6.45, 7) is 6.63. The summed E-state index contributed by atoms with van der Waals surface area (Å²) in [4.78, 5) is 30.3. The van der Waals surface area contributed by atoms with Crippen molar-refractivity contribution in [1.82, 2.24) is 19.8 Å². The van der Waals surface area contributed by atoms with Gasteiger partial charge < -0.3 is 14.8 Å². The molecule has 0 radical (unpaired) electrons. The molecule has 0 fully saturated rings. The Morgan fingerprint density at radius 3 is 2.40 bits per heavy atom. The van der Waals surface area contributed by atoms with Crippen molar-refractivity contribution in [3.05, 3.63) is 66.0 Å². The molecule has 0 aliphatic heterocycles. The van der Waals surface area contributed by atoms with Gasteiger partial charge in [0.25, 0.3) is 0 Å². The van der Waals surface area contributed by atoms with Crippen LogP contribution in [0.25, 0.3) is 11.0 Å². The zero-order valence-electron chi connectivity index (χ0n) is 17.8. The van der Waals surface area contributed by atoms with E-state index < -0.39 is 0 Å². The Labute approximate surface area is 177 Å². The van der Waals surface area contributed by atoms with Gasteiger partial charge >= 0.3 is 0 Å². The van der Waals surface area contributed by atoms with Gasteiger partial charge in [-0.15, -0.1) is 0 Å². The normalized spacial score (nSPS) is 10.9. The fraction of sp³-hybridized carbons (Fsp3) is 0.375. The van der Waals surface area contributed by atoms with E-state index in [0.717, 1.165) is 23.1 Å². The summed E-state index contributed by atoms with van der Waals surface area (Å²) < 4.78 is 2.13. The average Bonchev–Trinajstić information content (AvgIpc) is 3.17. The molecule has 0 atom stereocenters. The first-order valence-electron chi connectivity index (χ1n) is 10.6. The second-order valence-electron chi connectivity index (χ2n) is 7.37. The lowest BCUT2D eigenvalue weighted by Gasteiger charge is -2.18. The lowest BCUT2D eigenvalue weighted by Crippen LogP contribution is -2.30. The second-order valence-corrected chi connectivity index (χ2v) is 7.37. The highest BCUT2D eigenvalue weighted by atomic mass is 16.2. The van der Waals surface area contributed by atoms with Crippen molar-refractivity contribution in [1.29, 1.82) is 0 Å². The molecule has 3 rings (SSSR count). The van der Waals surface area contributed by atoms with Gasteiger partial charge in [-0.3, -0.25) is 9.59 Å². The van der Waals surface area contributed by atoms with Crippen molar-refractivity contribution < 1.29 is 9.59 Å². The Morgan fingerprint density at radius 1 is 0.967 bits per heavy atom. The Bertz CT molecular complexity index is 974. The van der Waals surface area contributed by atoms with E-state index in [2.05, 4.69) is 33.1 Å². The second kappa shape index (κ2) is 10.6. The van der Waals surface area contributed by atoms with Gasteiger partial charge in [-0.05, 0) is 43.5 Å². The van der Waals surface area contributed by atoms with Gasteiger partial charge in [-0.1, -0.05) is 36.4 Å². The molecular weight excluding hydrogens is 376 g/mol. The first kappa shape index (κ1) is 21.6. The molecule has 0 unspecified atom stereocenters. The number of para-hydroxylation sites is 2. The van der Waals surface area contributed by atoms with Gasteiger partial charge in [0.1, 0.15) is 0 Å². The number of amides is 2. The van der Waals surface area contributed by atoms with E-state index in [1.807, 2.05) is 50.5 Å². The first-order chi connectivity index (χ1) is 14.6. The molecule has 1 aromatic heterocycles. The number of nitrogens with zero attached hydrogens (tertiary/aromatic N) is 3. The SMILES string of the molecule is CCN(CC)C(=O)CCCC(=O)NCc1ccc(Cn2cnc3ccccc32)cc1. The summed E-state index contributed by atoms with van der Waals surface area (Å²) in [6.07, 6.45) is 3.24. The number of carbonyl (C=O) groups excluding carboxylic acids is 2. The minimum Gasteiger partial charge on any atom is -0.352 e. The summed E-state index contributed by atoms with van der Waals surface area (Å²) in [6, 6.07) is 16.3. The molecule has 0 spiro atoms. The smallest absolute Gasteiger partial charge is 0.222 e. The van der Waals surface area contributed by atoms with Crippen LogP contribution in [0.15, 0.2) is 54.9 Å². The number of rotatable bonds is 10. The van der Waals surface area contributed by atoms with E-state index in [-0.39, 0.29) is 11.8 Å². The van der Waals surface area contributed by atoms with Crippen molar-refractivity contribution in [3.8, 4) is 0 Å². The monoisotopic (exact) mass is 406 g/mol. The van der Waals surface area contributed by atoms with Crippen molar-refractivity contribution in [3.63, 3.8) is 0 Å². The summed E-state index contributed by atoms with van der Waals surface area (Å²) in [5.41, 5.74) is 4.36. The number of imidazole rings is 1. The molecule has 2 amide bonds. The fourth-order valence-electron chi connectivity index (χ4n) is 3.52. The van der Waals surface area contributed by atoms with Gasteiger partial charge in [0, 0.05) is 39.0 Å². The van der Waals surface area contributed by atoms with E-state index in [1.165, 1.54) is 5.56 Å². The molecule has 6 heteroatoms. The van der Waals surface area contributed by atoms with Crippen LogP contribution in [-0.2, 0) is 22.7 Å². The molecule has 1 N–H and O–H groups in total. The molecule has 0 aliphatic carbocycles. The van der Waals surface area contributed by atoms with Gasteiger partial charge in [0.05, 0.1) is 17.4 Å². The van der Waals surface area contributed by atoms with Crippen LogP contribution in [0, 0.1) is 0 Å². The van der Waals surface area contributed by atoms with Crippen molar-refractivity contribution in [2.75, 3.05) is 13.1 Å². The third-order valence-electron chi connectivity index (χ3n) is 5.30. The number of nitrogens with one attached hydrogen (secondary N) is 1. The third kappa shape index (κ3) is 5.69. The molecule has 2 aromatic carbocycles. The molecule has 0 aliphatic rings. The Morgan fingerprint density at radius 2 is 1.67 bits per heavy atom. The highest BCUT2D eigenvalue weighted by Crippen LogP contribution is 2.14. The topological polar surface area (TPSA) is 67.2 Å². The largest absolute Gasteiger partial charge is 0.352 e. The van der Waals surface area contributed by atoms with Gasteiger partial charge in [0.15, 0.2) is 0 Å². The molecule has 1 heterocycles. The van der Waals surface area contributed by atoms with Gasteiger partial charge in [-0.25, -0.2) is 4.98 Å². The van der Waals surface area contributed by atoms with Crippen LogP contribution in [0.2, 0.25) is 0 Å². The first-order valence-corrected chi connectivity index (χ1v) is 10.6. The van der Waals surface area contributed by atoms with Crippen LogP contribution >= 0.6 is 0 Å². The number of aromatic nitrogens is 2. The lowest BCUT2D eigenvalue weighted by atomic mass is 10.1. The number of benzene rings is 2. The third-order valence-corrected chi connectivity index (χ3v) is 5.30. The minimum atomic E-state index is -0.0173. The summed E-state index contributed by atoms with van der Waals surface area (Å²) >= 11 is 0. The van der Waals surface area contributed by atoms with Crippen LogP contribution in [-0.4, -0.2) is 39.4 Å². The average molecular weight is 407 g/mol. The predicted octanol–water partition coefficient (Wildman–Crippen LogP) is 3.74. The summed E-state index contributed by atoms with van der Waals surface area (Å²) in [5.74, 6) is 0.102. The van der Waals surface area contributed by atoms with E-state index >= 15 is 0 Å². The summed E-state index contributed by atoms with van der Waals surface area (Å²) in [5, 5.41) is 2.94. The molecule has 30 heavy (non-hydrogen) atoms. The maximum absolute atomic E-state index is 12.1. The number of hydrogen-bond acceptors (Lipinski definition) is 3. The Balaban J connectivity index is 1.43. The molecule has 158 valence electrons. The van der Waals surface area contributed by atoms with E-state index in [1.54, 1.807) is 4.90 Å². The predicted molar refractivity (Wildman–Crippen MR) is 119 cm³/mol. The van der Waals surface area contributed by atoms with E-state index in [4.69, 9.17) is 0 Å². The molecule has 0 saturated heterocycles. The molecule has 6 nitrogen and oxygen atoms in total. The standard InChI is InChI=1S/C24H30N4O2/c1-3-27(4-2)24(30)11-7-10-23(29)25-16-19-12-14-20(15-13-19)17-28-18-26-21-8-5-6-9-22(21)28/h5-6,8-9,12-15,18H,3-4,7,10-11,16-17H2,1-2H3,(H,25,29). The van der Waals surface area contributed by atoms with Crippen LogP contribution < -0.4 is 5.32 Å². The minimum absolute atomic E-state index is 0.0173. The highest BCUT2D eigenvalue weighted by molar-refractivity contribution is 5.79. The maximum Gasteiger partial charge on any atom is 0.222 e. The van der Waals surface area contributed by atoms with E-state index in [9.17, 15) is 9.59 Å². The van der Waals surface area contributed by atoms with Crippen molar-refractivity contribution in [2.24, 2.45) is 0 Å². The highest BCUT2D eigenvalue weighted by Gasteiger charge is 2.10. The van der Waals surface area contributed by atoms with Crippen molar-refractivity contribution in [2.45, 2.75) is 46.2 Å². The number of carbonyl (C=O) groups is 2. The lowest BCUT2D eigenvalue weighted by molar-refractivity contribution is -0.131. The summed E-state index contributed by atoms with van der Waals surface area (Å²) in [7, 11) is 0. The van der Waals surface area contributed by atoms with Gasteiger partial charge in [0.2, 0.25) is 11.8 Å².